The maximum absolute atomic E-state index is 5.75. The van der Waals surface area contributed by atoms with Crippen LogP contribution in [-0.2, 0) is 0 Å². The Morgan fingerprint density at radius 3 is 1.74 bits per heavy atom. The van der Waals surface area contributed by atoms with E-state index in [0.29, 0.717) is 17.5 Å². The van der Waals surface area contributed by atoms with Gasteiger partial charge in [-0.05, 0) is 93.0 Å². The molecular formula is C63H37N5S. The average molecular weight is 896 g/mol. The second-order valence-electron chi connectivity index (χ2n) is 17.9. The summed E-state index contributed by atoms with van der Waals surface area (Å²) in [6.45, 7) is 0. The van der Waals surface area contributed by atoms with Crippen LogP contribution in [0, 0.1) is 0 Å². The van der Waals surface area contributed by atoms with Gasteiger partial charge in [0.2, 0.25) is 0 Å². The van der Waals surface area contributed by atoms with Crippen molar-refractivity contribution < 1.29 is 0 Å². The average Bonchev–Trinajstić information content (AvgIpc) is 4.07. The van der Waals surface area contributed by atoms with Crippen LogP contribution >= 0.6 is 11.3 Å². The van der Waals surface area contributed by atoms with Gasteiger partial charge < -0.3 is 9.13 Å². The number of fused-ring (bicyclic) bond motifs is 13. The Kier molecular flexibility index (Phi) is 8.17. The SMILES string of the molecule is c1ccc(-n2c3ccccc3c3c(-c4nc(-c5cccc6ccccc56)nc(-c5c(-n6c7cc8ccccc8cc7c7c8ccccc8ccc76)ccc6sc7ccccc7c56)n4)cccc32)cc1. The van der Waals surface area contributed by atoms with Crippen LogP contribution in [0.5, 0.6) is 0 Å². The molecule has 0 spiro atoms. The summed E-state index contributed by atoms with van der Waals surface area (Å²) in [6.07, 6.45) is 0. The van der Waals surface area contributed by atoms with Crippen LogP contribution in [0.1, 0.15) is 0 Å². The molecule has 0 bridgehead atoms. The highest BCUT2D eigenvalue weighted by atomic mass is 32.1. The van der Waals surface area contributed by atoms with Crippen LogP contribution in [0.2, 0.25) is 0 Å². The number of hydrogen-bond acceptors (Lipinski definition) is 4. The van der Waals surface area contributed by atoms with Gasteiger partial charge in [0.1, 0.15) is 0 Å². The number of aromatic nitrogens is 5. The van der Waals surface area contributed by atoms with Crippen molar-refractivity contribution in [2.75, 3.05) is 0 Å². The molecule has 0 aliphatic carbocycles. The summed E-state index contributed by atoms with van der Waals surface area (Å²) in [5.41, 5.74) is 9.44. The van der Waals surface area contributed by atoms with E-state index < -0.39 is 0 Å². The first kappa shape index (κ1) is 38.2. The van der Waals surface area contributed by atoms with Crippen molar-refractivity contribution in [2.45, 2.75) is 0 Å². The Hall–Kier alpha value is -8.97. The van der Waals surface area contributed by atoms with E-state index in [9.17, 15) is 0 Å². The third kappa shape index (κ3) is 5.67. The molecule has 0 fully saturated rings. The molecule has 15 aromatic rings. The zero-order chi connectivity index (χ0) is 45.2. The summed E-state index contributed by atoms with van der Waals surface area (Å²) < 4.78 is 7.22. The molecule has 0 saturated carbocycles. The molecule has 4 aromatic heterocycles. The number of para-hydroxylation sites is 2. The van der Waals surface area contributed by atoms with Crippen molar-refractivity contribution in [1.29, 1.82) is 0 Å². The molecule has 0 unspecified atom stereocenters. The topological polar surface area (TPSA) is 48.5 Å². The third-order valence-electron chi connectivity index (χ3n) is 14.1. The molecule has 69 heavy (non-hydrogen) atoms. The van der Waals surface area contributed by atoms with Crippen molar-refractivity contribution >= 4 is 107 Å². The molecule has 11 aromatic carbocycles. The minimum absolute atomic E-state index is 0.617. The van der Waals surface area contributed by atoms with E-state index in [4.69, 9.17) is 15.0 Å². The van der Waals surface area contributed by atoms with Gasteiger partial charge in [0.05, 0.1) is 33.3 Å². The zero-order valence-corrected chi connectivity index (χ0v) is 37.8. The molecule has 0 atom stereocenters. The van der Waals surface area contributed by atoms with Gasteiger partial charge in [-0.1, -0.05) is 164 Å². The smallest absolute Gasteiger partial charge is 0.166 e. The van der Waals surface area contributed by atoms with Crippen molar-refractivity contribution in [2.24, 2.45) is 0 Å². The molecule has 0 aliphatic rings. The number of hydrogen-bond donors (Lipinski definition) is 0. The predicted molar refractivity (Wildman–Crippen MR) is 290 cm³/mol. The second kappa shape index (κ2) is 14.8. The second-order valence-corrected chi connectivity index (χ2v) is 19.0. The first-order valence-corrected chi connectivity index (χ1v) is 24.2. The van der Waals surface area contributed by atoms with Crippen LogP contribution < -0.4 is 0 Å². The Bertz CT molecular complexity index is 4610. The standard InChI is InChI=1S/C63H37N5S/c1-2-21-42(22-3-1)67-50-29-12-10-25-46(50)58-48(28-15-30-51(58)67)62-64-61(45-27-14-20-38-16-6-8-23-43(38)45)65-63(66-62)60-53(34-35-56-59(60)47-26-11-13-31-55(47)69-56)68-52-33-32-39-17-7-9-24-44(39)57(52)49-36-40-18-4-5-19-41(40)37-54(49)68/h1-37H. The maximum Gasteiger partial charge on any atom is 0.166 e. The Morgan fingerprint density at radius 1 is 0.304 bits per heavy atom. The predicted octanol–water partition coefficient (Wildman–Crippen LogP) is 16.9. The van der Waals surface area contributed by atoms with Crippen LogP contribution in [0.3, 0.4) is 0 Å². The first-order valence-electron chi connectivity index (χ1n) is 23.4. The van der Waals surface area contributed by atoms with Crippen LogP contribution in [0.15, 0.2) is 224 Å². The lowest BCUT2D eigenvalue weighted by molar-refractivity contribution is 1.07. The molecule has 0 aliphatic heterocycles. The molecule has 6 heteroatoms. The quantitative estimate of drug-likeness (QED) is 0.173. The van der Waals surface area contributed by atoms with Gasteiger partial charge in [-0.15, -0.1) is 11.3 Å². The lowest BCUT2D eigenvalue weighted by atomic mass is 10.0. The lowest BCUT2D eigenvalue weighted by Crippen LogP contribution is -2.04. The van der Waals surface area contributed by atoms with Crippen LogP contribution in [0.25, 0.3) is 142 Å². The third-order valence-corrected chi connectivity index (χ3v) is 15.3. The molecule has 5 nitrogen and oxygen atoms in total. The molecule has 320 valence electrons. The molecule has 0 radical (unpaired) electrons. The van der Waals surface area contributed by atoms with Crippen LogP contribution in [-0.4, -0.2) is 24.1 Å². The van der Waals surface area contributed by atoms with E-state index in [2.05, 4.69) is 234 Å². The zero-order valence-electron chi connectivity index (χ0n) is 37.0. The summed E-state index contributed by atoms with van der Waals surface area (Å²) >= 11 is 1.81. The normalized spacial score (nSPS) is 12.1. The summed E-state index contributed by atoms with van der Waals surface area (Å²) in [7, 11) is 0. The highest BCUT2D eigenvalue weighted by Crippen LogP contribution is 2.47. The van der Waals surface area contributed by atoms with Gasteiger partial charge in [-0.2, -0.15) is 0 Å². The minimum Gasteiger partial charge on any atom is -0.309 e. The molecule has 0 N–H and O–H groups in total. The Labute approximate surface area is 399 Å². The molecule has 0 saturated heterocycles. The lowest BCUT2D eigenvalue weighted by Gasteiger charge is -2.17. The highest BCUT2D eigenvalue weighted by molar-refractivity contribution is 7.26. The summed E-state index contributed by atoms with van der Waals surface area (Å²) in [5, 5.41) is 14.0. The number of nitrogens with zero attached hydrogens (tertiary/aromatic N) is 5. The van der Waals surface area contributed by atoms with Gasteiger partial charge in [0.25, 0.3) is 0 Å². The first-order chi connectivity index (χ1) is 34.2. The van der Waals surface area contributed by atoms with E-state index >= 15 is 0 Å². The van der Waals surface area contributed by atoms with E-state index in [1.165, 1.54) is 47.1 Å². The maximum atomic E-state index is 5.75. The van der Waals surface area contributed by atoms with Crippen molar-refractivity contribution in [1.82, 2.24) is 24.1 Å². The molecule has 0 amide bonds. The summed E-state index contributed by atoms with van der Waals surface area (Å²) in [4.78, 5) is 17.0. The number of rotatable bonds is 5. The van der Waals surface area contributed by atoms with Gasteiger partial charge in [0.15, 0.2) is 17.5 Å². The van der Waals surface area contributed by atoms with Crippen LogP contribution in [0.4, 0.5) is 0 Å². The molecule has 15 rings (SSSR count). The fourth-order valence-corrected chi connectivity index (χ4v) is 12.3. The van der Waals surface area contributed by atoms with Gasteiger partial charge in [-0.25, -0.2) is 15.0 Å². The molecular weight excluding hydrogens is 859 g/mol. The number of benzene rings is 11. The minimum atomic E-state index is 0.617. The largest absolute Gasteiger partial charge is 0.309 e. The van der Waals surface area contributed by atoms with E-state index in [1.807, 2.05) is 11.3 Å². The highest BCUT2D eigenvalue weighted by Gasteiger charge is 2.26. The monoisotopic (exact) mass is 895 g/mol. The van der Waals surface area contributed by atoms with Crippen molar-refractivity contribution in [3.63, 3.8) is 0 Å². The van der Waals surface area contributed by atoms with Crippen molar-refractivity contribution in [3.05, 3.63) is 224 Å². The van der Waals surface area contributed by atoms with E-state index in [0.717, 1.165) is 77.1 Å². The van der Waals surface area contributed by atoms with Gasteiger partial charge in [0, 0.05) is 58.5 Å². The number of thiophene rings is 1. The fraction of sp³-hybridized carbons (Fsp3) is 0. The van der Waals surface area contributed by atoms with Gasteiger partial charge in [-0.3, -0.25) is 0 Å². The summed E-state index contributed by atoms with van der Waals surface area (Å²) in [5.74, 6) is 1.86. The molecule has 4 heterocycles. The van der Waals surface area contributed by atoms with E-state index in [1.54, 1.807) is 0 Å². The van der Waals surface area contributed by atoms with Gasteiger partial charge >= 0.3 is 0 Å². The fourth-order valence-electron chi connectivity index (χ4n) is 11.2. The van der Waals surface area contributed by atoms with Crippen molar-refractivity contribution in [3.8, 4) is 45.5 Å². The van der Waals surface area contributed by atoms with E-state index in [-0.39, 0.29) is 0 Å². The Morgan fingerprint density at radius 2 is 0.899 bits per heavy atom. The Balaban J connectivity index is 1.11. The summed E-state index contributed by atoms with van der Waals surface area (Å²) in [6, 6.07) is 80.9.